The molecule has 0 radical (unpaired) electrons. The fourth-order valence-corrected chi connectivity index (χ4v) is 2.38. The Bertz CT molecular complexity index is 409. The molecule has 0 saturated heterocycles. The molecule has 18 heavy (non-hydrogen) atoms. The van der Waals surface area contributed by atoms with Crippen LogP contribution in [0.2, 0.25) is 5.15 Å². The predicted octanol–water partition coefficient (Wildman–Crippen LogP) is 1.85. The zero-order valence-corrected chi connectivity index (χ0v) is 13.3. The van der Waals surface area contributed by atoms with Crippen LogP contribution in [0.3, 0.4) is 0 Å². The van der Waals surface area contributed by atoms with Crippen LogP contribution in [0.25, 0.3) is 0 Å². The van der Waals surface area contributed by atoms with Crippen LogP contribution < -0.4 is 5.32 Å². The van der Waals surface area contributed by atoms with Gasteiger partial charge in [-0.2, -0.15) is 5.10 Å². The molecule has 5 heteroatoms. The standard InChI is InChI=1S/C13H25ClN4/c1-9-10(12(14)18(7)16-9)8-11(15-4)13(2,3)17(5)6/h11,15H,8H2,1-7H3. The number of aromatic nitrogens is 2. The molecule has 1 aromatic heterocycles. The normalized spacial score (nSPS) is 14.3. The van der Waals surface area contributed by atoms with Gasteiger partial charge in [-0.05, 0) is 48.3 Å². The van der Waals surface area contributed by atoms with Gasteiger partial charge in [0.15, 0.2) is 0 Å². The van der Waals surface area contributed by atoms with Crippen molar-refractivity contribution in [2.24, 2.45) is 7.05 Å². The maximum Gasteiger partial charge on any atom is 0.130 e. The number of rotatable bonds is 5. The minimum absolute atomic E-state index is 0.0420. The lowest BCUT2D eigenvalue weighted by atomic mass is 9.88. The highest BCUT2D eigenvalue weighted by molar-refractivity contribution is 6.30. The van der Waals surface area contributed by atoms with Crippen LogP contribution in [0.5, 0.6) is 0 Å². The first-order valence-electron chi connectivity index (χ1n) is 6.24. The average Bonchev–Trinajstić information content (AvgIpc) is 2.50. The highest BCUT2D eigenvalue weighted by Gasteiger charge is 2.32. The van der Waals surface area contributed by atoms with Crippen LogP contribution in [0.4, 0.5) is 0 Å². The van der Waals surface area contributed by atoms with E-state index in [2.05, 4.69) is 43.3 Å². The number of halogens is 1. The molecule has 0 aliphatic rings. The van der Waals surface area contributed by atoms with E-state index in [0.29, 0.717) is 6.04 Å². The summed E-state index contributed by atoms with van der Waals surface area (Å²) >= 11 is 6.30. The Balaban J connectivity index is 3.00. The number of nitrogens with one attached hydrogen (secondary N) is 1. The molecule has 1 aromatic rings. The SMILES string of the molecule is CNC(Cc1c(C)nn(C)c1Cl)C(C)(C)N(C)C. The largest absolute Gasteiger partial charge is 0.315 e. The molecule has 0 bridgehead atoms. The van der Waals surface area contributed by atoms with E-state index in [0.717, 1.165) is 22.8 Å². The summed E-state index contributed by atoms with van der Waals surface area (Å²) in [5.41, 5.74) is 2.19. The van der Waals surface area contributed by atoms with Crippen LogP contribution in [0.15, 0.2) is 0 Å². The maximum absolute atomic E-state index is 6.30. The van der Waals surface area contributed by atoms with Crippen molar-refractivity contribution < 1.29 is 0 Å². The lowest BCUT2D eigenvalue weighted by Crippen LogP contribution is -2.55. The second kappa shape index (κ2) is 5.59. The average molecular weight is 273 g/mol. The van der Waals surface area contributed by atoms with Gasteiger partial charge >= 0.3 is 0 Å². The lowest BCUT2D eigenvalue weighted by Gasteiger charge is -2.40. The molecule has 0 spiro atoms. The van der Waals surface area contributed by atoms with E-state index in [1.807, 2.05) is 21.0 Å². The van der Waals surface area contributed by atoms with Gasteiger partial charge in [-0.25, -0.2) is 0 Å². The van der Waals surface area contributed by atoms with Crippen molar-refractivity contribution >= 4 is 11.6 Å². The highest BCUT2D eigenvalue weighted by atomic mass is 35.5. The molecule has 0 aliphatic carbocycles. The van der Waals surface area contributed by atoms with Crippen molar-refractivity contribution in [1.29, 1.82) is 0 Å². The Hall–Kier alpha value is -0.580. The molecule has 104 valence electrons. The summed E-state index contributed by atoms with van der Waals surface area (Å²) in [6.07, 6.45) is 0.875. The third-order valence-corrected chi connectivity index (χ3v) is 4.50. The topological polar surface area (TPSA) is 33.1 Å². The summed E-state index contributed by atoms with van der Waals surface area (Å²) in [5, 5.41) is 8.50. The molecule has 0 aromatic carbocycles. The van der Waals surface area contributed by atoms with Crippen LogP contribution in [-0.4, -0.2) is 47.4 Å². The number of likely N-dealkylation sites (N-methyl/N-ethyl adjacent to an activating group) is 2. The molecular formula is C13H25ClN4. The predicted molar refractivity (Wildman–Crippen MR) is 77.3 cm³/mol. The van der Waals surface area contributed by atoms with Gasteiger partial charge in [-0.3, -0.25) is 4.68 Å². The molecule has 0 fully saturated rings. The number of nitrogens with zero attached hydrogens (tertiary/aromatic N) is 3. The molecule has 0 saturated carbocycles. The van der Waals surface area contributed by atoms with Crippen molar-refractivity contribution in [3.05, 3.63) is 16.4 Å². The molecule has 1 rings (SSSR count). The van der Waals surface area contributed by atoms with E-state index in [1.165, 1.54) is 0 Å². The van der Waals surface area contributed by atoms with Crippen LogP contribution in [-0.2, 0) is 13.5 Å². The molecule has 4 nitrogen and oxygen atoms in total. The fraction of sp³-hybridized carbons (Fsp3) is 0.769. The zero-order valence-electron chi connectivity index (χ0n) is 12.5. The second-order valence-corrected chi connectivity index (χ2v) is 5.93. The minimum atomic E-state index is 0.0420. The first-order valence-corrected chi connectivity index (χ1v) is 6.62. The first kappa shape index (κ1) is 15.5. The van der Waals surface area contributed by atoms with Gasteiger partial charge in [0.1, 0.15) is 5.15 Å². The Morgan fingerprint density at radius 2 is 2.00 bits per heavy atom. The smallest absolute Gasteiger partial charge is 0.130 e. The monoisotopic (exact) mass is 272 g/mol. The van der Waals surface area contributed by atoms with Gasteiger partial charge in [0.2, 0.25) is 0 Å². The third kappa shape index (κ3) is 2.87. The van der Waals surface area contributed by atoms with Gasteiger partial charge in [-0.1, -0.05) is 11.6 Å². The zero-order chi connectivity index (χ0) is 14.1. The summed E-state index contributed by atoms with van der Waals surface area (Å²) in [6, 6.07) is 0.313. The number of hydrogen-bond donors (Lipinski definition) is 1. The molecule has 1 unspecified atom stereocenters. The van der Waals surface area contributed by atoms with Crippen molar-refractivity contribution in [3.8, 4) is 0 Å². The molecule has 1 N–H and O–H groups in total. The van der Waals surface area contributed by atoms with Gasteiger partial charge in [0.05, 0.1) is 5.69 Å². The Labute approximate surface area is 115 Å². The van der Waals surface area contributed by atoms with E-state index >= 15 is 0 Å². The highest BCUT2D eigenvalue weighted by Crippen LogP contribution is 2.25. The quantitative estimate of drug-likeness (QED) is 0.888. The summed E-state index contributed by atoms with van der Waals surface area (Å²) in [4.78, 5) is 2.23. The Kier molecular flexibility index (Phi) is 4.81. The van der Waals surface area contributed by atoms with E-state index in [-0.39, 0.29) is 5.54 Å². The van der Waals surface area contributed by atoms with Crippen molar-refractivity contribution in [1.82, 2.24) is 20.0 Å². The van der Waals surface area contributed by atoms with Gasteiger partial charge < -0.3 is 10.2 Å². The fourth-order valence-electron chi connectivity index (χ4n) is 2.13. The molecule has 1 heterocycles. The van der Waals surface area contributed by atoms with E-state index in [9.17, 15) is 0 Å². The van der Waals surface area contributed by atoms with Gasteiger partial charge in [0.25, 0.3) is 0 Å². The van der Waals surface area contributed by atoms with E-state index in [1.54, 1.807) is 4.68 Å². The van der Waals surface area contributed by atoms with E-state index < -0.39 is 0 Å². The summed E-state index contributed by atoms with van der Waals surface area (Å²) < 4.78 is 1.74. The van der Waals surface area contributed by atoms with Crippen LogP contribution in [0, 0.1) is 6.92 Å². The van der Waals surface area contributed by atoms with Crippen molar-refractivity contribution in [2.45, 2.75) is 38.8 Å². The van der Waals surface area contributed by atoms with Crippen LogP contribution in [0.1, 0.15) is 25.1 Å². The summed E-state index contributed by atoms with van der Waals surface area (Å²) in [5.74, 6) is 0. The summed E-state index contributed by atoms with van der Waals surface area (Å²) in [7, 11) is 8.07. The molecule has 0 amide bonds. The molecule has 0 aliphatic heterocycles. The van der Waals surface area contributed by atoms with Gasteiger partial charge in [-0.15, -0.1) is 0 Å². The van der Waals surface area contributed by atoms with Crippen molar-refractivity contribution in [2.75, 3.05) is 21.1 Å². The second-order valence-electron chi connectivity index (χ2n) is 5.57. The van der Waals surface area contributed by atoms with Gasteiger partial charge in [0, 0.05) is 24.2 Å². The summed E-state index contributed by atoms with van der Waals surface area (Å²) in [6.45, 7) is 6.47. The minimum Gasteiger partial charge on any atom is -0.315 e. The third-order valence-electron chi connectivity index (χ3n) is 4.03. The van der Waals surface area contributed by atoms with Crippen LogP contribution >= 0.6 is 11.6 Å². The van der Waals surface area contributed by atoms with Crippen molar-refractivity contribution in [3.63, 3.8) is 0 Å². The Morgan fingerprint density at radius 3 is 2.33 bits per heavy atom. The number of hydrogen-bond acceptors (Lipinski definition) is 3. The Morgan fingerprint density at radius 1 is 1.44 bits per heavy atom. The molecule has 1 atom stereocenters. The lowest BCUT2D eigenvalue weighted by molar-refractivity contribution is 0.141. The van der Waals surface area contributed by atoms with E-state index in [4.69, 9.17) is 11.6 Å². The first-order chi connectivity index (χ1) is 8.21. The molecular weight excluding hydrogens is 248 g/mol. The number of aryl methyl sites for hydroxylation is 2. The maximum atomic E-state index is 6.30.